The largest absolute Gasteiger partial charge is 0.456 e. The van der Waals surface area contributed by atoms with Crippen molar-refractivity contribution in [1.29, 1.82) is 0 Å². The second kappa shape index (κ2) is 16.4. The molecule has 2 aliphatic rings. The zero-order valence-electron chi connectivity index (χ0n) is 30.8. The number of hydrogen-bond acceptors (Lipinski definition) is 8. The molecule has 0 saturated heterocycles. The van der Waals surface area contributed by atoms with Gasteiger partial charge in [-0.1, -0.05) is 42.5 Å². The number of hydrogen-bond donors (Lipinski definition) is 4. The molecule has 0 spiro atoms. The highest BCUT2D eigenvalue weighted by Gasteiger charge is 2.19. The number of halogens is 1. The van der Waals surface area contributed by atoms with Crippen LogP contribution in [0.15, 0.2) is 131 Å². The minimum absolute atomic E-state index is 0.263. The number of aromatic nitrogens is 2. The molecule has 7 N–H and O–H groups in total. The van der Waals surface area contributed by atoms with E-state index in [0.717, 1.165) is 117 Å². The Morgan fingerprint density at radius 3 is 1.51 bits per heavy atom. The van der Waals surface area contributed by atoms with Crippen LogP contribution in [-0.4, -0.2) is 34.1 Å². The van der Waals surface area contributed by atoms with Crippen LogP contribution in [0.5, 0.6) is 0 Å². The van der Waals surface area contributed by atoms with E-state index < -0.39 is 0 Å². The van der Waals surface area contributed by atoms with Crippen LogP contribution in [0.1, 0.15) is 51.4 Å². The van der Waals surface area contributed by atoms with Crippen molar-refractivity contribution in [1.82, 2.24) is 9.97 Å². The van der Waals surface area contributed by atoms with Gasteiger partial charge in [-0.15, -0.1) is 0 Å². The summed E-state index contributed by atoms with van der Waals surface area (Å²) in [5, 5.41) is 9.79. The second-order valence-corrected chi connectivity index (χ2v) is 14.9. The molecule has 0 bridgehead atoms. The standard InChI is InChI=1S/C23H23N3O.C17H10FNO.C6H14N2/c24-17-6-9-18(10-7-17)26-19-8-5-16-13-25-14-21(20(16)12-19)23-11-15-3-1-2-4-22(15)27-23;18-13-6-5-12-9-19-10-15(14(12)8-13)17-7-11-3-1-2-4-16(11)20-17;7-5-1-2-6(8)4-3-5/h1-5,8,11-14,17-18,26H,6-7,9-10,24H2;1-10H;5-6H,1-4,7-8H2. The Morgan fingerprint density at radius 1 is 0.509 bits per heavy atom. The summed E-state index contributed by atoms with van der Waals surface area (Å²) < 4.78 is 25.4. The predicted octanol–water partition coefficient (Wildman–Crippen LogP) is 10.3. The smallest absolute Gasteiger partial charge is 0.137 e. The van der Waals surface area contributed by atoms with Crippen LogP contribution in [-0.2, 0) is 0 Å². The number of anilines is 1. The third-order valence-corrected chi connectivity index (χ3v) is 10.8. The van der Waals surface area contributed by atoms with Crippen molar-refractivity contribution in [3.05, 3.63) is 128 Å². The van der Waals surface area contributed by atoms with Crippen LogP contribution in [0, 0.1) is 5.82 Å². The van der Waals surface area contributed by atoms with Gasteiger partial charge in [-0.2, -0.15) is 0 Å². The fourth-order valence-corrected chi connectivity index (χ4v) is 7.66. The Labute approximate surface area is 319 Å². The van der Waals surface area contributed by atoms with Crippen LogP contribution in [0.4, 0.5) is 10.1 Å². The van der Waals surface area contributed by atoms with Crippen LogP contribution < -0.4 is 22.5 Å². The van der Waals surface area contributed by atoms with Gasteiger partial charge in [-0.05, 0) is 117 Å². The molecule has 10 rings (SSSR count). The van der Waals surface area contributed by atoms with E-state index in [0.29, 0.717) is 29.9 Å². The molecule has 0 atom stereocenters. The third kappa shape index (κ3) is 8.55. The predicted molar refractivity (Wildman–Crippen MR) is 222 cm³/mol. The van der Waals surface area contributed by atoms with E-state index in [9.17, 15) is 4.39 Å². The molecule has 0 unspecified atom stereocenters. The maximum Gasteiger partial charge on any atom is 0.137 e. The van der Waals surface area contributed by atoms with Gasteiger partial charge in [0.1, 0.15) is 28.5 Å². The fourth-order valence-electron chi connectivity index (χ4n) is 7.66. The SMILES string of the molecule is Fc1ccc2cncc(-c3cc4ccccc4o3)c2c1.NC1CCC(N)CC1.NC1CCC(Nc2ccc3cncc(-c4cc5ccccc5o4)c3c2)CC1. The molecule has 2 saturated carbocycles. The first-order chi connectivity index (χ1) is 26.9. The fraction of sp³-hybridized carbons (Fsp3) is 0.261. The molecule has 9 heteroatoms. The minimum Gasteiger partial charge on any atom is -0.456 e. The zero-order valence-corrected chi connectivity index (χ0v) is 30.8. The van der Waals surface area contributed by atoms with Gasteiger partial charge < -0.3 is 31.4 Å². The first-order valence-electron chi connectivity index (χ1n) is 19.3. The molecule has 4 aromatic heterocycles. The summed E-state index contributed by atoms with van der Waals surface area (Å²) in [5.41, 5.74) is 22.0. The lowest BCUT2D eigenvalue weighted by atomic mass is 9.91. The van der Waals surface area contributed by atoms with E-state index >= 15 is 0 Å². The number of rotatable bonds is 4. The Morgan fingerprint density at radius 2 is 0.982 bits per heavy atom. The number of nitrogens with one attached hydrogen (secondary N) is 1. The quantitative estimate of drug-likeness (QED) is 0.140. The topological polar surface area (TPSA) is 142 Å². The average Bonchev–Trinajstić information content (AvgIpc) is 3.85. The summed E-state index contributed by atoms with van der Waals surface area (Å²) >= 11 is 0. The Hall–Kier alpha value is -5.61. The molecule has 8 nitrogen and oxygen atoms in total. The van der Waals surface area contributed by atoms with Gasteiger partial charge in [0.05, 0.1) is 0 Å². The molecule has 8 aromatic rings. The molecule has 4 heterocycles. The molecule has 2 fully saturated rings. The van der Waals surface area contributed by atoms with Crippen molar-refractivity contribution in [2.75, 3.05) is 5.32 Å². The van der Waals surface area contributed by atoms with E-state index in [1.54, 1.807) is 18.5 Å². The van der Waals surface area contributed by atoms with Crippen LogP contribution in [0.3, 0.4) is 0 Å². The van der Waals surface area contributed by atoms with Crippen molar-refractivity contribution in [3.63, 3.8) is 0 Å². The van der Waals surface area contributed by atoms with Crippen LogP contribution in [0.2, 0.25) is 0 Å². The molecule has 0 radical (unpaired) electrons. The maximum atomic E-state index is 13.5. The van der Waals surface area contributed by atoms with E-state index in [2.05, 4.69) is 45.6 Å². The molecular formula is C46H47FN6O2. The third-order valence-electron chi connectivity index (χ3n) is 10.8. The minimum atomic E-state index is -0.263. The Balaban J connectivity index is 0.000000133. The number of para-hydroxylation sites is 2. The Bertz CT molecular complexity index is 2450. The van der Waals surface area contributed by atoms with E-state index in [-0.39, 0.29) is 5.82 Å². The molecule has 4 aromatic carbocycles. The monoisotopic (exact) mass is 734 g/mol. The van der Waals surface area contributed by atoms with E-state index in [1.807, 2.05) is 60.9 Å². The van der Waals surface area contributed by atoms with E-state index in [1.165, 1.54) is 12.1 Å². The van der Waals surface area contributed by atoms with Crippen LogP contribution >= 0.6 is 0 Å². The summed E-state index contributed by atoms with van der Waals surface area (Å²) in [6, 6.07) is 32.8. The molecule has 0 aliphatic heterocycles. The molecule has 0 amide bonds. The summed E-state index contributed by atoms with van der Waals surface area (Å²) in [6.45, 7) is 0. The van der Waals surface area contributed by atoms with Gasteiger partial charge in [0.25, 0.3) is 0 Å². The number of pyridine rings is 2. The zero-order chi connectivity index (χ0) is 37.7. The summed E-state index contributed by atoms with van der Waals surface area (Å²) in [6.07, 6.45) is 16.2. The van der Waals surface area contributed by atoms with Crippen molar-refractivity contribution < 1.29 is 13.2 Å². The normalized spacial score (nSPS) is 19.8. The van der Waals surface area contributed by atoms with Gasteiger partial charge in [-0.3, -0.25) is 9.97 Å². The number of furan rings is 2. The molecule has 280 valence electrons. The number of nitrogens with zero attached hydrogens (tertiary/aromatic N) is 2. The summed E-state index contributed by atoms with van der Waals surface area (Å²) in [5.74, 6) is 1.30. The lowest BCUT2D eigenvalue weighted by molar-refractivity contribution is 0.395. The van der Waals surface area contributed by atoms with Crippen LogP contribution in [0.25, 0.3) is 66.1 Å². The number of fused-ring (bicyclic) bond motifs is 4. The molecule has 2 aliphatic carbocycles. The van der Waals surface area contributed by atoms with Crippen molar-refractivity contribution in [2.24, 2.45) is 17.2 Å². The molecule has 55 heavy (non-hydrogen) atoms. The van der Waals surface area contributed by atoms with Crippen molar-refractivity contribution in [3.8, 4) is 22.6 Å². The van der Waals surface area contributed by atoms with Gasteiger partial charge in [0.2, 0.25) is 0 Å². The number of nitrogens with two attached hydrogens (primary N) is 3. The second-order valence-electron chi connectivity index (χ2n) is 14.9. The van der Waals surface area contributed by atoms with Crippen molar-refractivity contribution >= 4 is 49.2 Å². The first-order valence-corrected chi connectivity index (χ1v) is 19.3. The lowest BCUT2D eigenvalue weighted by Crippen LogP contribution is -2.33. The highest BCUT2D eigenvalue weighted by molar-refractivity contribution is 5.99. The van der Waals surface area contributed by atoms with Gasteiger partial charge in [0.15, 0.2) is 0 Å². The highest BCUT2D eigenvalue weighted by atomic mass is 19.1. The van der Waals surface area contributed by atoms with Gasteiger partial charge in [0, 0.05) is 87.3 Å². The Kier molecular flexibility index (Phi) is 10.8. The highest BCUT2D eigenvalue weighted by Crippen LogP contribution is 2.35. The maximum absolute atomic E-state index is 13.5. The number of benzene rings is 4. The lowest BCUT2D eigenvalue weighted by Gasteiger charge is -2.27. The summed E-state index contributed by atoms with van der Waals surface area (Å²) in [4.78, 5) is 8.63. The first kappa shape index (κ1) is 36.4. The molecular weight excluding hydrogens is 688 g/mol. The van der Waals surface area contributed by atoms with Crippen molar-refractivity contribution in [2.45, 2.75) is 75.5 Å². The van der Waals surface area contributed by atoms with Gasteiger partial charge in [-0.25, -0.2) is 4.39 Å². The van der Waals surface area contributed by atoms with Gasteiger partial charge >= 0.3 is 0 Å². The van der Waals surface area contributed by atoms with E-state index in [4.69, 9.17) is 26.0 Å². The summed E-state index contributed by atoms with van der Waals surface area (Å²) in [7, 11) is 0. The average molecular weight is 735 g/mol.